The minimum Gasteiger partial charge on any atom is -0.376 e. The molecule has 6 nitrogen and oxygen atoms in total. The van der Waals surface area contributed by atoms with Gasteiger partial charge in [0.2, 0.25) is 5.88 Å². The monoisotopic (exact) mass is 314 g/mol. The molecule has 120 valence electrons. The van der Waals surface area contributed by atoms with Crippen LogP contribution in [0.5, 0.6) is 0 Å². The van der Waals surface area contributed by atoms with E-state index in [1.54, 1.807) is 6.07 Å². The Morgan fingerprint density at radius 1 is 1.17 bits per heavy atom. The summed E-state index contributed by atoms with van der Waals surface area (Å²) in [4.78, 5) is 12.1. The first-order valence-electron chi connectivity index (χ1n) is 7.89. The van der Waals surface area contributed by atoms with Crippen LogP contribution in [0.4, 0.5) is 5.88 Å². The first-order chi connectivity index (χ1) is 11.3. The average molecular weight is 314 g/mol. The molecule has 1 aliphatic carbocycles. The van der Waals surface area contributed by atoms with E-state index in [1.807, 2.05) is 6.07 Å². The van der Waals surface area contributed by atoms with E-state index in [9.17, 15) is 4.79 Å². The molecule has 4 rings (SSSR count). The van der Waals surface area contributed by atoms with Crippen molar-refractivity contribution in [1.29, 1.82) is 0 Å². The second kappa shape index (κ2) is 6.14. The highest BCUT2D eigenvalue weighted by Crippen LogP contribution is 2.28. The fraction of sp³-hybridized carbons (Fsp3) is 0.412. The Morgan fingerprint density at radius 2 is 2.09 bits per heavy atom. The number of anilines is 1. The molecule has 0 spiro atoms. The van der Waals surface area contributed by atoms with Gasteiger partial charge >= 0.3 is 0 Å². The highest BCUT2D eigenvalue weighted by Gasteiger charge is 2.24. The second-order valence-electron chi connectivity index (χ2n) is 5.84. The summed E-state index contributed by atoms with van der Waals surface area (Å²) in [6.45, 7) is 1.21. The molecule has 1 aromatic carbocycles. The zero-order chi connectivity index (χ0) is 15.6. The third-order valence-electron chi connectivity index (χ3n) is 4.26. The van der Waals surface area contributed by atoms with Crippen molar-refractivity contribution in [3.05, 3.63) is 35.4 Å². The Hall–Kier alpha value is -2.18. The molecule has 6 heteroatoms. The first kappa shape index (κ1) is 14.4. The molecule has 1 aliphatic heterocycles. The van der Waals surface area contributed by atoms with E-state index in [2.05, 4.69) is 22.6 Å². The van der Waals surface area contributed by atoms with Crippen LogP contribution in [-0.2, 0) is 27.1 Å². The number of carbonyl (C=O) groups is 1. The zero-order valence-corrected chi connectivity index (χ0v) is 12.7. The van der Waals surface area contributed by atoms with Gasteiger partial charge in [-0.2, -0.15) is 0 Å². The number of aromatic nitrogens is 1. The molecule has 1 saturated heterocycles. The molecular weight excluding hydrogens is 296 g/mol. The third-order valence-corrected chi connectivity index (χ3v) is 4.26. The van der Waals surface area contributed by atoms with E-state index in [4.69, 9.17) is 14.0 Å². The molecule has 23 heavy (non-hydrogen) atoms. The molecule has 0 bridgehead atoms. The number of rotatable bonds is 3. The van der Waals surface area contributed by atoms with Gasteiger partial charge in [-0.1, -0.05) is 17.3 Å². The lowest BCUT2D eigenvalue weighted by atomic mass is 10.0. The van der Waals surface area contributed by atoms with Crippen molar-refractivity contribution in [3.8, 4) is 11.3 Å². The maximum atomic E-state index is 12.1. The SMILES string of the molecule is O=C(Nc1cc(-c2ccc3c(c2)CCC3)no1)C1COCCO1. The van der Waals surface area contributed by atoms with Crippen LogP contribution in [0.25, 0.3) is 11.3 Å². The topological polar surface area (TPSA) is 73.6 Å². The fourth-order valence-electron chi connectivity index (χ4n) is 3.04. The van der Waals surface area contributed by atoms with Crippen molar-refractivity contribution in [2.45, 2.75) is 25.4 Å². The molecular formula is C17H18N2O4. The van der Waals surface area contributed by atoms with Gasteiger partial charge in [-0.25, -0.2) is 0 Å². The van der Waals surface area contributed by atoms with Crippen molar-refractivity contribution in [2.24, 2.45) is 0 Å². The van der Waals surface area contributed by atoms with Gasteiger partial charge in [0.05, 0.1) is 19.8 Å². The molecule has 2 heterocycles. The Balaban J connectivity index is 1.47. The van der Waals surface area contributed by atoms with E-state index >= 15 is 0 Å². The van der Waals surface area contributed by atoms with Gasteiger partial charge < -0.3 is 14.0 Å². The molecule has 0 radical (unpaired) electrons. The van der Waals surface area contributed by atoms with Crippen LogP contribution in [-0.4, -0.2) is 37.0 Å². The molecule has 1 amide bonds. The van der Waals surface area contributed by atoms with E-state index in [0.717, 1.165) is 24.1 Å². The van der Waals surface area contributed by atoms with Gasteiger partial charge in [0, 0.05) is 11.6 Å². The Bertz CT molecular complexity index is 719. The van der Waals surface area contributed by atoms with Crippen molar-refractivity contribution in [3.63, 3.8) is 0 Å². The van der Waals surface area contributed by atoms with E-state index in [0.29, 0.717) is 19.1 Å². The molecule has 2 aromatic rings. The maximum absolute atomic E-state index is 12.1. The predicted octanol–water partition coefficient (Wildman–Crippen LogP) is 2.18. The Kier molecular flexibility index (Phi) is 3.85. The van der Waals surface area contributed by atoms with Crippen LogP contribution in [0.1, 0.15) is 17.5 Å². The van der Waals surface area contributed by atoms with Crippen molar-refractivity contribution < 1.29 is 18.8 Å². The van der Waals surface area contributed by atoms with Crippen LogP contribution in [0.15, 0.2) is 28.8 Å². The first-order valence-corrected chi connectivity index (χ1v) is 7.89. The van der Waals surface area contributed by atoms with Crippen LogP contribution >= 0.6 is 0 Å². The number of fused-ring (bicyclic) bond motifs is 1. The highest BCUT2D eigenvalue weighted by atomic mass is 16.6. The number of hydrogen-bond donors (Lipinski definition) is 1. The van der Waals surface area contributed by atoms with Crippen LogP contribution in [0.3, 0.4) is 0 Å². The summed E-state index contributed by atoms with van der Waals surface area (Å²) >= 11 is 0. The quantitative estimate of drug-likeness (QED) is 0.940. The minimum atomic E-state index is -0.600. The third kappa shape index (κ3) is 3.00. The summed E-state index contributed by atoms with van der Waals surface area (Å²) in [6, 6.07) is 8.09. The summed E-state index contributed by atoms with van der Waals surface area (Å²) in [6.07, 6.45) is 2.88. The van der Waals surface area contributed by atoms with Crippen molar-refractivity contribution in [2.75, 3.05) is 25.1 Å². The largest absolute Gasteiger partial charge is 0.376 e. The Morgan fingerprint density at radius 3 is 2.96 bits per heavy atom. The lowest BCUT2D eigenvalue weighted by molar-refractivity contribution is -0.142. The van der Waals surface area contributed by atoms with Gasteiger partial charge in [0.1, 0.15) is 5.69 Å². The predicted molar refractivity (Wildman–Crippen MR) is 83.2 cm³/mol. The molecule has 1 N–H and O–H groups in total. The van der Waals surface area contributed by atoms with Crippen molar-refractivity contribution in [1.82, 2.24) is 5.16 Å². The summed E-state index contributed by atoms with van der Waals surface area (Å²) in [5.74, 6) is 0.0426. The lowest BCUT2D eigenvalue weighted by Crippen LogP contribution is -2.38. The standard InChI is InChI=1S/C17H18N2O4/c20-17(15-10-21-6-7-22-15)18-16-9-14(19-23-16)13-5-4-11-2-1-3-12(11)8-13/h4-5,8-9,15H,1-3,6-7,10H2,(H,18,20). The maximum Gasteiger partial charge on any atom is 0.258 e. The summed E-state index contributed by atoms with van der Waals surface area (Å²) in [7, 11) is 0. The average Bonchev–Trinajstić information content (AvgIpc) is 3.23. The molecule has 1 fully saturated rings. The number of hydrogen-bond acceptors (Lipinski definition) is 5. The molecule has 1 unspecified atom stereocenters. The summed E-state index contributed by atoms with van der Waals surface area (Å²) < 4.78 is 15.8. The summed E-state index contributed by atoms with van der Waals surface area (Å²) in [5, 5.41) is 6.73. The number of amides is 1. The van der Waals surface area contributed by atoms with E-state index in [-0.39, 0.29) is 12.5 Å². The van der Waals surface area contributed by atoms with E-state index in [1.165, 1.54) is 17.5 Å². The normalized spacial score (nSPS) is 20.3. The van der Waals surface area contributed by atoms with Gasteiger partial charge in [-0.3, -0.25) is 10.1 Å². The van der Waals surface area contributed by atoms with E-state index < -0.39 is 6.10 Å². The smallest absolute Gasteiger partial charge is 0.258 e. The zero-order valence-electron chi connectivity index (χ0n) is 12.7. The lowest BCUT2D eigenvalue weighted by Gasteiger charge is -2.21. The van der Waals surface area contributed by atoms with Crippen molar-refractivity contribution >= 4 is 11.8 Å². The second-order valence-corrected chi connectivity index (χ2v) is 5.84. The van der Waals surface area contributed by atoms with Gasteiger partial charge in [-0.05, 0) is 36.5 Å². The summed E-state index contributed by atoms with van der Waals surface area (Å²) in [5.41, 5.74) is 4.52. The molecule has 1 aromatic heterocycles. The van der Waals surface area contributed by atoms with Gasteiger partial charge in [-0.15, -0.1) is 0 Å². The minimum absolute atomic E-state index is 0.262. The fourth-order valence-corrected chi connectivity index (χ4v) is 3.04. The van der Waals surface area contributed by atoms with Crippen LogP contribution < -0.4 is 5.32 Å². The Labute approximate surface area is 133 Å². The van der Waals surface area contributed by atoms with Crippen LogP contribution in [0.2, 0.25) is 0 Å². The number of nitrogens with zero attached hydrogens (tertiary/aromatic N) is 1. The molecule has 0 saturated carbocycles. The number of aryl methyl sites for hydroxylation is 2. The number of nitrogens with one attached hydrogen (secondary N) is 1. The highest BCUT2D eigenvalue weighted by molar-refractivity contribution is 5.93. The van der Waals surface area contributed by atoms with Gasteiger partial charge in [0.25, 0.3) is 5.91 Å². The number of carbonyl (C=O) groups excluding carboxylic acids is 1. The number of ether oxygens (including phenoxy) is 2. The molecule has 2 aliphatic rings. The molecule has 1 atom stereocenters. The van der Waals surface area contributed by atoms with Gasteiger partial charge in [0.15, 0.2) is 6.10 Å². The number of benzene rings is 1. The van der Waals surface area contributed by atoms with Crippen LogP contribution in [0, 0.1) is 0 Å².